The smallest absolute Gasteiger partial charge is 0.278 e. The minimum absolute atomic E-state index is 0.127. The lowest BCUT2D eigenvalue weighted by atomic mass is 10.2. The summed E-state index contributed by atoms with van der Waals surface area (Å²) >= 11 is 6.86. The Morgan fingerprint density at radius 2 is 1.74 bits per heavy atom. The van der Waals surface area contributed by atoms with Crippen molar-refractivity contribution in [3.8, 4) is 5.69 Å². The molecule has 0 unspecified atom stereocenters. The topological polar surface area (TPSA) is 92.6 Å². The minimum atomic E-state index is -3.66. The van der Waals surface area contributed by atoms with E-state index in [0.717, 1.165) is 17.0 Å². The summed E-state index contributed by atoms with van der Waals surface area (Å²) in [6.45, 7) is 2.33. The van der Waals surface area contributed by atoms with E-state index in [1.54, 1.807) is 17.7 Å². The van der Waals surface area contributed by atoms with Crippen molar-refractivity contribution in [3.63, 3.8) is 0 Å². The fourth-order valence-electron chi connectivity index (χ4n) is 3.37. The van der Waals surface area contributed by atoms with Crippen molar-refractivity contribution in [1.29, 1.82) is 0 Å². The van der Waals surface area contributed by atoms with E-state index < -0.39 is 21.4 Å². The van der Waals surface area contributed by atoms with Crippen LogP contribution in [0, 0.1) is 6.92 Å². The molecule has 8 nitrogen and oxygen atoms in total. The zero-order valence-corrected chi connectivity index (χ0v) is 19.0. The maximum atomic E-state index is 13.0. The molecular weight excluding hydrogens is 460 g/mol. The van der Waals surface area contributed by atoms with Gasteiger partial charge in [-0.2, -0.15) is 9.40 Å². The fourth-order valence-corrected chi connectivity index (χ4v) is 6.43. The summed E-state index contributed by atoms with van der Waals surface area (Å²) in [4.78, 5) is 26.9. The molecule has 2 aromatic heterocycles. The second-order valence-corrected chi connectivity index (χ2v) is 10.9. The summed E-state index contributed by atoms with van der Waals surface area (Å²) in [6, 6.07) is 13.6. The fraction of sp³-hybridized carbons (Fsp3) is 0.250. The molecule has 1 saturated heterocycles. The summed E-state index contributed by atoms with van der Waals surface area (Å²) < 4.78 is 28.9. The maximum Gasteiger partial charge on any atom is 0.278 e. The van der Waals surface area contributed by atoms with E-state index in [2.05, 4.69) is 5.10 Å². The lowest BCUT2D eigenvalue weighted by Gasteiger charge is -2.33. The van der Waals surface area contributed by atoms with E-state index in [-0.39, 0.29) is 36.1 Å². The van der Waals surface area contributed by atoms with E-state index in [4.69, 9.17) is 11.6 Å². The third kappa shape index (κ3) is 4.29. The van der Waals surface area contributed by atoms with Gasteiger partial charge in [0.1, 0.15) is 4.21 Å². The number of hydrogen-bond donors (Lipinski definition) is 0. The molecule has 0 spiro atoms. The predicted molar refractivity (Wildman–Crippen MR) is 119 cm³/mol. The number of piperazine rings is 1. The number of aromatic nitrogens is 2. The standard InChI is InChI=1S/C20H19ClN4O4S2/c1-14-13-16(26)19(22-25(14)15-5-3-2-4-6-15)20(27)23-9-11-24(12-10-23)31(28,29)18-8-7-17(21)30-18/h2-8,13H,9-12H2,1H3. The number of rotatable bonds is 4. The van der Waals surface area contributed by atoms with Gasteiger partial charge in [0, 0.05) is 37.9 Å². The summed E-state index contributed by atoms with van der Waals surface area (Å²) in [5.74, 6) is -0.508. The van der Waals surface area contributed by atoms with Crippen LogP contribution in [0.25, 0.3) is 5.69 Å². The summed E-state index contributed by atoms with van der Waals surface area (Å²) in [5, 5.41) is 4.30. The second-order valence-electron chi connectivity index (χ2n) is 7.00. The van der Waals surface area contributed by atoms with Gasteiger partial charge in [-0.15, -0.1) is 11.3 Å². The van der Waals surface area contributed by atoms with E-state index in [1.807, 2.05) is 30.3 Å². The van der Waals surface area contributed by atoms with Crippen molar-refractivity contribution >= 4 is 38.9 Å². The number of carbonyl (C=O) groups excluding carboxylic acids is 1. The Bertz CT molecular complexity index is 1280. The van der Waals surface area contributed by atoms with Gasteiger partial charge in [-0.25, -0.2) is 13.1 Å². The van der Waals surface area contributed by atoms with Crippen LogP contribution in [0.15, 0.2) is 57.5 Å². The molecule has 3 heterocycles. The van der Waals surface area contributed by atoms with Gasteiger partial charge in [-0.1, -0.05) is 29.8 Å². The van der Waals surface area contributed by atoms with Gasteiger partial charge in [0.15, 0.2) is 5.69 Å². The molecule has 0 bridgehead atoms. The number of aryl methyl sites for hydroxylation is 1. The second kappa shape index (κ2) is 8.54. The van der Waals surface area contributed by atoms with Crippen molar-refractivity contribution in [2.24, 2.45) is 0 Å². The maximum absolute atomic E-state index is 13.0. The Balaban J connectivity index is 1.53. The molecule has 31 heavy (non-hydrogen) atoms. The Morgan fingerprint density at radius 3 is 2.35 bits per heavy atom. The van der Waals surface area contributed by atoms with Crippen LogP contribution in [0.4, 0.5) is 0 Å². The number of hydrogen-bond acceptors (Lipinski definition) is 6. The summed E-state index contributed by atoms with van der Waals surface area (Å²) in [5.41, 5.74) is 0.701. The zero-order valence-electron chi connectivity index (χ0n) is 16.6. The molecule has 0 atom stereocenters. The quantitative estimate of drug-likeness (QED) is 0.574. The van der Waals surface area contributed by atoms with Crippen molar-refractivity contribution in [3.05, 3.63) is 74.5 Å². The van der Waals surface area contributed by atoms with Crippen LogP contribution >= 0.6 is 22.9 Å². The van der Waals surface area contributed by atoms with Crippen LogP contribution in [-0.2, 0) is 10.0 Å². The van der Waals surface area contributed by atoms with Gasteiger partial charge in [-0.05, 0) is 31.2 Å². The van der Waals surface area contributed by atoms with Crippen LogP contribution in [0.1, 0.15) is 16.2 Å². The summed E-state index contributed by atoms with van der Waals surface area (Å²) in [7, 11) is -3.66. The molecule has 162 valence electrons. The van der Waals surface area contributed by atoms with Crippen molar-refractivity contribution in [1.82, 2.24) is 19.0 Å². The number of sulfonamides is 1. The van der Waals surface area contributed by atoms with Gasteiger partial charge in [0.25, 0.3) is 15.9 Å². The molecular formula is C20H19ClN4O4S2. The first-order valence-electron chi connectivity index (χ1n) is 9.48. The highest BCUT2D eigenvalue weighted by Gasteiger charge is 2.32. The molecule has 1 aliphatic heterocycles. The Hall–Kier alpha value is -2.53. The largest absolute Gasteiger partial charge is 0.334 e. The molecule has 1 aliphatic rings. The van der Waals surface area contributed by atoms with Gasteiger partial charge >= 0.3 is 0 Å². The molecule has 0 radical (unpaired) electrons. The Morgan fingerprint density at radius 1 is 1.06 bits per heavy atom. The van der Waals surface area contributed by atoms with Gasteiger partial charge in [-0.3, -0.25) is 9.59 Å². The highest BCUT2D eigenvalue weighted by Crippen LogP contribution is 2.28. The van der Waals surface area contributed by atoms with Crippen LogP contribution in [0.3, 0.4) is 0 Å². The molecule has 3 aromatic rings. The number of nitrogens with zero attached hydrogens (tertiary/aromatic N) is 4. The number of thiophene rings is 1. The molecule has 4 rings (SSSR count). The molecule has 1 amide bonds. The van der Waals surface area contributed by atoms with Crippen molar-refractivity contribution < 1.29 is 13.2 Å². The molecule has 0 aliphatic carbocycles. The molecule has 0 N–H and O–H groups in total. The van der Waals surface area contributed by atoms with Gasteiger partial charge < -0.3 is 4.90 Å². The first-order chi connectivity index (χ1) is 14.8. The first kappa shape index (κ1) is 21.7. The average molecular weight is 479 g/mol. The van der Waals surface area contributed by atoms with Crippen molar-refractivity contribution in [2.45, 2.75) is 11.1 Å². The highest BCUT2D eigenvalue weighted by molar-refractivity contribution is 7.91. The monoisotopic (exact) mass is 478 g/mol. The van der Waals surface area contributed by atoms with Gasteiger partial charge in [0.2, 0.25) is 5.43 Å². The van der Waals surface area contributed by atoms with Crippen LogP contribution in [0.2, 0.25) is 4.34 Å². The summed E-state index contributed by atoms with van der Waals surface area (Å²) in [6.07, 6.45) is 0. The van der Waals surface area contributed by atoms with E-state index in [1.165, 1.54) is 21.3 Å². The predicted octanol–water partition coefficient (Wildman–Crippen LogP) is 2.40. The number of benzene rings is 1. The lowest BCUT2D eigenvalue weighted by molar-refractivity contribution is 0.0688. The van der Waals surface area contributed by atoms with E-state index in [0.29, 0.717) is 10.0 Å². The number of para-hydroxylation sites is 1. The molecule has 11 heteroatoms. The Kier molecular flexibility index (Phi) is 5.98. The van der Waals surface area contributed by atoms with Crippen molar-refractivity contribution in [2.75, 3.05) is 26.2 Å². The van der Waals surface area contributed by atoms with Crippen LogP contribution < -0.4 is 5.43 Å². The van der Waals surface area contributed by atoms with Crippen LogP contribution in [-0.4, -0.2) is 59.5 Å². The molecule has 0 saturated carbocycles. The third-order valence-corrected chi connectivity index (χ3v) is 8.58. The average Bonchev–Trinajstić information content (AvgIpc) is 3.21. The lowest BCUT2D eigenvalue weighted by Crippen LogP contribution is -2.51. The number of carbonyl (C=O) groups is 1. The number of halogens is 1. The third-order valence-electron chi connectivity index (χ3n) is 4.98. The zero-order chi connectivity index (χ0) is 22.2. The van der Waals surface area contributed by atoms with E-state index >= 15 is 0 Å². The minimum Gasteiger partial charge on any atom is -0.334 e. The van der Waals surface area contributed by atoms with Crippen LogP contribution in [0.5, 0.6) is 0 Å². The molecule has 1 aromatic carbocycles. The van der Waals surface area contributed by atoms with Gasteiger partial charge in [0.05, 0.1) is 10.0 Å². The molecule has 1 fully saturated rings. The normalized spacial score (nSPS) is 15.2. The first-order valence-corrected chi connectivity index (χ1v) is 12.1. The van der Waals surface area contributed by atoms with E-state index in [9.17, 15) is 18.0 Å². The highest BCUT2D eigenvalue weighted by atomic mass is 35.5. The SMILES string of the molecule is Cc1cc(=O)c(C(=O)N2CCN(S(=O)(=O)c3ccc(Cl)s3)CC2)nn1-c1ccccc1. The number of amides is 1. The Labute approximate surface area is 188 Å².